The summed E-state index contributed by atoms with van der Waals surface area (Å²) in [6, 6.07) is 7.39. The molecule has 23 heavy (non-hydrogen) atoms. The van der Waals surface area contributed by atoms with Gasteiger partial charge in [-0.25, -0.2) is 0 Å². The number of hydrogen-bond acceptors (Lipinski definition) is 3. The molecule has 0 aromatic heterocycles. The number of carbonyl (C=O) groups is 1. The molecule has 1 unspecified atom stereocenters. The van der Waals surface area contributed by atoms with Crippen LogP contribution in [0.5, 0.6) is 0 Å². The molecule has 2 rings (SSSR count). The summed E-state index contributed by atoms with van der Waals surface area (Å²) in [6.45, 7) is 3.15. The molecule has 1 saturated heterocycles. The van der Waals surface area contributed by atoms with Crippen LogP contribution in [0.3, 0.4) is 0 Å². The second-order valence-electron chi connectivity index (χ2n) is 5.98. The molecule has 1 fully saturated rings. The fraction of sp³-hybridized carbons (Fsp3) is 0.562. The van der Waals surface area contributed by atoms with Gasteiger partial charge in [0.15, 0.2) is 6.10 Å². The van der Waals surface area contributed by atoms with Crippen molar-refractivity contribution in [2.75, 3.05) is 18.4 Å². The van der Waals surface area contributed by atoms with Crippen LogP contribution in [0.1, 0.15) is 25.3 Å². The third-order valence-corrected chi connectivity index (χ3v) is 4.09. The van der Waals surface area contributed by atoms with Crippen molar-refractivity contribution in [2.24, 2.45) is 5.92 Å². The third kappa shape index (κ3) is 5.21. The number of amides is 1. The second-order valence-corrected chi connectivity index (χ2v) is 5.98. The number of nitrogens with one attached hydrogen (secondary N) is 1. The quantitative estimate of drug-likeness (QED) is 0.893. The van der Waals surface area contributed by atoms with Crippen LogP contribution in [-0.2, 0) is 11.3 Å². The molecule has 0 spiro atoms. The van der Waals surface area contributed by atoms with E-state index < -0.39 is 18.2 Å². The Balaban J connectivity index is 1.83. The Morgan fingerprint density at radius 1 is 1.30 bits per heavy atom. The van der Waals surface area contributed by atoms with Gasteiger partial charge in [0.25, 0.3) is 0 Å². The molecule has 0 saturated carbocycles. The summed E-state index contributed by atoms with van der Waals surface area (Å²) in [5.41, 5.74) is 1.75. The van der Waals surface area contributed by atoms with Crippen molar-refractivity contribution in [3.8, 4) is 0 Å². The van der Waals surface area contributed by atoms with Crippen LogP contribution in [0.4, 0.5) is 18.9 Å². The van der Waals surface area contributed by atoms with E-state index in [1.165, 1.54) is 6.92 Å². The number of aliphatic hydroxyl groups excluding tert-OH is 1. The minimum atomic E-state index is -4.54. The second kappa shape index (κ2) is 7.31. The lowest BCUT2D eigenvalue weighted by molar-refractivity contribution is -0.223. The summed E-state index contributed by atoms with van der Waals surface area (Å²) in [6.07, 6.45) is -6.08. The maximum Gasteiger partial charge on any atom is 0.414 e. The van der Waals surface area contributed by atoms with E-state index in [0.29, 0.717) is 38.2 Å². The fourth-order valence-electron chi connectivity index (χ4n) is 2.85. The van der Waals surface area contributed by atoms with Gasteiger partial charge in [-0.05, 0) is 49.5 Å². The molecule has 1 aromatic carbocycles. The highest BCUT2D eigenvalue weighted by atomic mass is 19.4. The van der Waals surface area contributed by atoms with Crippen LogP contribution < -0.4 is 5.32 Å². The summed E-state index contributed by atoms with van der Waals surface area (Å²) < 4.78 is 37.5. The molecule has 1 atom stereocenters. The highest BCUT2D eigenvalue weighted by Gasteiger charge is 2.44. The van der Waals surface area contributed by atoms with Crippen molar-refractivity contribution >= 4 is 11.6 Å². The zero-order chi connectivity index (χ0) is 17.0. The average Bonchev–Trinajstić information content (AvgIpc) is 2.48. The number of aliphatic hydroxyl groups is 1. The zero-order valence-corrected chi connectivity index (χ0v) is 12.9. The smallest absolute Gasteiger partial charge is 0.383 e. The molecular formula is C16H21F3N2O2. The molecule has 4 nitrogen and oxygen atoms in total. The minimum Gasteiger partial charge on any atom is -0.383 e. The number of rotatable bonds is 4. The van der Waals surface area contributed by atoms with E-state index in [0.717, 1.165) is 5.56 Å². The van der Waals surface area contributed by atoms with E-state index in [1.54, 1.807) is 12.1 Å². The SMILES string of the molecule is CC(=O)Nc1ccc(CN2CCC(C(O)C(F)(F)F)CC2)cc1. The van der Waals surface area contributed by atoms with Gasteiger partial charge in [0.2, 0.25) is 5.91 Å². The number of likely N-dealkylation sites (tertiary alicyclic amines) is 1. The normalized spacial score (nSPS) is 18.7. The van der Waals surface area contributed by atoms with Crippen molar-refractivity contribution < 1.29 is 23.1 Å². The van der Waals surface area contributed by atoms with Crippen molar-refractivity contribution in [1.29, 1.82) is 0 Å². The van der Waals surface area contributed by atoms with Crippen LogP contribution in [0.25, 0.3) is 0 Å². The molecule has 128 valence electrons. The first-order chi connectivity index (χ1) is 10.8. The maximum atomic E-state index is 12.5. The summed E-state index contributed by atoms with van der Waals surface area (Å²) in [5.74, 6) is -0.851. The van der Waals surface area contributed by atoms with Crippen molar-refractivity contribution in [2.45, 2.75) is 38.6 Å². The first kappa shape index (κ1) is 17.7. The Morgan fingerprint density at radius 3 is 2.35 bits per heavy atom. The minimum absolute atomic E-state index is 0.136. The number of halogens is 3. The number of alkyl halides is 3. The van der Waals surface area contributed by atoms with E-state index in [1.807, 2.05) is 12.1 Å². The van der Waals surface area contributed by atoms with Gasteiger partial charge in [-0.3, -0.25) is 9.69 Å². The summed E-state index contributed by atoms with van der Waals surface area (Å²) >= 11 is 0. The van der Waals surface area contributed by atoms with Gasteiger partial charge >= 0.3 is 6.18 Å². The van der Waals surface area contributed by atoms with Gasteiger partial charge in [-0.1, -0.05) is 12.1 Å². The first-order valence-electron chi connectivity index (χ1n) is 7.59. The number of nitrogens with zero attached hydrogens (tertiary/aromatic N) is 1. The third-order valence-electron chi connectivity index (χ3n) is 4.09. The van der Waals surface area contributed by atoms with E-state index >= 15 is 0 Å². The Morgan fingerprint density at radius 2 is 1.87 bits per heavy atom. The molecule has 2 N–H and O–H groups in total. The fourth-order valence-corrected chi connectivity index (χ4v) is 2.85. The molecule has 7 heteroatoms. The molecular weight excluding hydrogens is 309 g/mol. The van der Waals surface area contributed by atoms with Gasteiger partial charge < -0.3 is 10.4 Å². The highest BCUT2D eigenvalue weighted by molar-refractivity contribution is 5.88. The van der Waals surface area contributed by atoms with Crippen LogP contribution >= 0.6 is 0 Å². The number of benzene rings is 1. The Hall–Kier alpha value is -1.60. The van der Waals surface area contributed by atoms with Gasteiger partial charge in [-0.15, -0.1) is 0 Å². The van der Waals surface area contributed by atoms with E-state index in [-0.39, 0.29) is 5.91 Å². The van der Waals surface area contributed by atoms with Gasteiger partial charge in [0.05, 0.1) is 0 Å². The lowest BCUT2D eigenvalue weighted by Crippen LogP contribution is -2.43. The van der Waals surface area contributed by atoms with E-state index in [4.69, 9.17) is 0 Å². The number of hydrogen-bond donors (Lipinski definition) is 2. The first-order valence-corrected chi connectivity index (χ1v) is 7.59. The van der Waals surface area contributed by atoms with Crippen LogP contribution in [0.15, 0.2) is 24.3 Å². The van der Waals surface area contributed by atoms with Gasteiger partial charge in [-0.2, -0.15) is 13.2 Å². The van der Waals surface area contributed by atoms with E-state index in [2.05, 4.69) is 10.2 Å². The van der Waals surface area contributed by atoms with Crippen LogP contribution in [-0.4, -0.2) is 41.3 Å². The Bertz CT molecular complexity index is 523. The molecule has 1 aliphatic heterocycles. The Labute approximate surface area is 133 Å². The highest BCUT2D eigenvalue weighted by Crippen LogP contribution is 2.31. The van der Waals surface area contributed by atoms with Crippen molar-refractivity contribution in [1.82, 2.24) is 4.90 Å². The van der Waals surface area contributed by atoms with Crippen LogP contribution in [0, 0.1) is 5.92 Å². The van der Waals surface area contributed by atoms with Gasteiger partial charge in [0.1, 0.15) is 0 Å². The number of piperidine rings is 1. The van der Waals surface area contributed by atoms with Crippen molar-refractivity contribution in [3.05, 3.63) is 29.8 Å². The maximum absolute atomic E-state index is 12.5. The largest absolute Gasteiger partial charge is 0.414 e. The molecule has 0 aliphatic carbocycles. The summed E-state index contributed by atoms with van der Waals surface area (Å²) in [7, 11) is 0. The van der Waals surface area contributed by atoms with Crippen molar-refractivity contribution in [3.63, 3.8) is 0 Å². The molecule has 0 bridgehead atoms. The topological polar surface area (TPSA) is 52.6 Å². The molecule has 1 heterocycles. The lowest BCUT2D eigenvalue weighted by Gasteiger charge is -2.34. The predicted molar refractivity (Wildman–Crippen MR) is 80.8 cm³/mol. The predicted octanol–water partition coefficient (Wildman–Crippen LogP) is 2.78. The average molecular weight is 330 g/mol. The Kier molecular flexibility index (Phi) is 5.64. The standard InChI is InChI=1S/C16H21F3N2O2/c1-11(22)20-14-4-2-12(3-5-14)10-21-8-6-13(7-9-21)15(23)16(17,18)19/h2-5,13,15,23H,6-10H2,1H3,(H,20,22). The number of carbonyl (C=O) groups excluding carboxylic acids is 1. The summed E-state index contributed by atoms with van der Waals surface area (Å²) in [5, 5.41) is 12.0. The lowest BCUT2D eigenvalue weighted by atomic mass is 9.90. The molecule has 1 amide bonds. The summed E-state index contributed by atoms with van der Waals surface area (Å²) in [4.78, 5) is 13.0. The van der Waals surface area contributed by atoms with E-state index in [9.17, 15) is 23.1 Å². The number of anilines is 1. The molecule has 1 aromatic rings. The monoisotopic (exact) mass is 330 g/mol. The zero-order valence-electron chi connectivity index (χ0n) is 12.9. The van der Waals surface area contributed by atoms with Crippen LogP contribution in [0.2, 0.25) is 0 Å². The molecule has 0 radical (unpaired) electrons. The molecule has 1 aliphatic rings. The van der Waals surface area contributed by atoms with Gasteiger partial charge in [0, 0.05) is 19.2 Å².